The van der Waals surface area contributed by atoms with E-state index in [0.717, 1.165) is 0 Å². The summed E-state index contributed by atoms with van der Waals surface area (Å²) >= 11 is 0. The van der Waals surface area contributed by atoms with Crippen LogP contribution in [0.25, 0.3) is 0 Å². The van der Waals surface area contributed by atoms with E-state index < -0.39 is 11.9 Å². The van der Waals surface area contributed by atoms with E-state index in [1.165, 1.54) is 17.0 Å². The van der Waals surface area contributed by atoms with Gasteiger partial charge in [0.1, 0.15) is 23.7 Å². The number of nitrogens with one attached hydrogen (secondary N) is 1. The second-order valence-electron chi connectivity index (χ2n) is 6.94. The number of ether oxygens (including phenoxy) is 2. The maximum atomic E-state index is 13.5. The number of nitrogens with zero attached hydrogens (tertiary/aromatic N) is 1. The Bertz CT molecular complexity index is 831. The molecule has 7 heteroatoms. The van der Waals surface area contributed by atoms with Crippen LogP contribution in [-0.4, -0.2) is 55.7 Å². The summed E-state index contributed by atoms with van der Waals surface area (Å²) in [5, 5.41) is 2.79. The number of methoxy groups -OCH3 is 1. The average molecular weight is 400 g/mol. The number of halogens is 1. The molecule has 3 rings (SSSR count). The van der Waals surface area contributed by atoms with E-state index in [1.807, 2.05) is 30.3 Å². The Morgan fingerprint density at radius 1 is 1.17 bits per heavy atom. The van der Waals surface area contributed by atoms with Crippen molar-refractivity contribution in [2.45, 2.75) is 25.0 Å². The van der Waals surface area contributed by atoms with Gasteiger partial charge < -0.3 is 19.7 Å². The van der Waals surface area contributed by atoms with Crippen LogP contribution in [0.2, 0.25) is 0 Å². The van der Waals surface area contributed by atoms with Crippen molar-refractivity contribution in [2.75, 3.05) is 26.8 Å². The molecule has 2 aromatic carbocycles. The minimum atomic E-state index is -0.637. The summed E-state index contributed by atoms with van der Waals surface area (Å²) < 4.78 is 24.4. The van der Waals surface area contributed by atoms with Crippen LogP contribution in [0.5, 0.6) is 5.75 Å². The number of benzene rings is 2. The lowest BCUT2D eigenvalue weighted by atomic mass is 10.1. The van der Waals surface area contributed by atoms with Crippen molar-refractivity contribution >= 4 is 11.8 Å². The third-order valence-electron chi connectivity index (χ3n) is 4.78. The van der Waals surface area contributed by atoms with E-state index >= 15 is 0 Å². The zero-order chi connectivity index (χ0) is 20.6. The number of hydrogen-bond donors (Lipinski definition) is 1. The minimum absolute atomic E-state index is 0.0255. The molecule has 0 bridgehead atoms. The largest absolute Gasteiger partial charge is 0.488 e. The predicted octanol–water partition coefficient (Wildman–Crippen LogP) is 2.18. The van der Waals surface area contributed by atoms with Crippen LogP contribution in [-0.2, 0) is 20.7 Å². The fourth-order valence-corrected chi connectivity index (χ4v) is 3.42. The van der Waals surface area contributed by atoms with Gasteiger partial charge in [-0.2, -0.15) is 0 Å². The maximum absolute atomic E-state index is 13.5. The molecule has 2 amide bonds. The smallest absolute Gasteiger partial charge is 0.243 e. The monoisotopic (exact) mass is 400 g/mol. The predicted molar refractivity (Wildman–Crippen MR) is 106 cm³/mol. The SMILES string of the molecule is COCCNC(=O)[C@@H]1C[C@H](Oc2ccccc2)CN1C(=O)Cc1cccc(F)c1. The van der Waals surface area contributed by atoms with Gasteiger partial charge >= 0.3 is 0 Å². The topological polar surface area (TPSA) is 67.9 Å². The van der Waals surface area contributed by atoms with Crippen LogP contribution in [0.4, 0.5) is 4.39 Å². The molecule has 0 spiro atoms. The third kappa shape index (κ3) is 5.77. The molecular formula is C22H25FN2O4. The zero-order valence-corrected chi connectivity index (χ0v) is 16.3. The van der Waals surface area contributed by atoms with E-state index in [-0.39, 0.29) is 24.3 Å². The van der Waals surface area contributed by atoms with Gasteiger partial charge in [-0.15, -0.1) is 0 Å². The molecule has 154 valence electrons. The lowest BCUT2D eigenvalue weighted by Gasteiger charge is -2.23. The molecule has 2 aromatic rings. The zero-order valence-electron chi connectivity index (χ0n) is 16.3. The first-order valence-corrected chi connectivity index (χ1v) is 9.59. The van der Waals surface area contributed by atoms with E-state index in [2.05, 4.69) is 5.32 Å². The highest BCUT2D eigenvalue weighted by Crippen LogP contribution is 2.24. The first kappa shape index (κ1) is 20.8. The van der Waals surface area contributed by atoms with Gasteiger partial charge in [0.25, 0.3) is 0 Å². The van der Waals surface area contributed by atoms with Crippen molar-refractivity contribution in [3.63, 3.8) is 0 Å². The van der Waals surface area contributed by atoms with Crippen molar-refractivity contribution < 1.29 is 23.5 Å². The molecule has 0 aromatic heterocycles. The normalized spacial score (nSPS) is 18.5. The molecule has 1 aliphatic heterocycles. The van der Waals surface area contributed by atoms with Gasteiger partial charge in [-0.3, -0.25) is 9.59 Å². The maximum Gasteiger partial charge on any atom is 0.243 e. The first-order valence-electron chi connectivity index (χ1n) is 9.59. The van der Waals surface area contributed by atoms with Crippen molar-refractivity contribution in [3.05, 3.63) is 66.0 Å². The van der Waals surface area contributed by atoms with Crippen molar-refractivity contribution in [2.24, 2.45) is 0 Å². The van der Waals surface area contributed by atoms with Gasteiger partial charge in [-0.1, -0.05) is 30.3 Å². The van der Waals surface area contributed by atoms with Gasteiger partial charge in [-0.05, 0) is 29.8 Å². The Morgan fingerprint density at radius 3 is 2.69 bits per heavy atom. The summed E-state index contributed by atoms with van der Waals surface area (Å²) in [4.78, 5) is 27.1. The molecule has 1 N–H and O–H groups in total. The number of likely N-dealkylation sites (tertiary alicyclic amines) is 1. The quantitative estimate of drug-likeness (QED) is 0.690. The number of carbonyl (C=O) groups excluding carboxylic acids is 2. The fraction of sp³-hybridized carbons (Fsp3) is 0.364. The molecular weight excluding hydrogens is 375 g/mol. The second-order valence-corrected chi connectivity index (χ2v) is 6.94. The van der Waals surface area contributed by atoms with Gasteiger partial charge in [0, 0.05) is 20.1 Å². The highest BCUT2D eigenvalue weighted by Gasteiger charge is 2.40. The molecule has 29 heavy (non-hydrogen) atoms. The van der Waals surface area contributed by atoms with E-state index in [9.17, 15) is 14.0 Å². The first-order chi connectivity index (χ1) is 14.1. The van der Waals surface area contributed by atoms with Gasteiger partial charge in [0.05, 0.1) is 19.6 Å². The van der Waals surface area contributed by atoms with Crippen LogP contribution in [0.3, 0.4) is 0 Å². The number of para-hydroxylation sites is 1. The number of hydrogen-bond acceptors (Lipinski definition) is 4. The highest BCUT2D eigenvalue weighted by molar-refractivity contribution is 5.89. The molecule has 6 nitrogen and oxygen atoms in total. The molecule has 0 radical (unpaired) electrons. The van der Waals surface area contributed by atoms with Crippen molar-refractivity contribution in [1.29, 1.82) is 0 Å². The van der Waals surface area contributed by atoms with Crippen LogP contribution in [0.15, 0.2) is 54.6 Å². The lowest BCUT2D eigenvalue weighted by Crippen LogP contribution is -2.47. The molecule has 0 unspecified atom stereocenters. The number of rotatable bonds is 8. The summed E-state index contributed by atoms with van der Waals surface area (Å²) in [5.74, 6) is -0.179. The number of carbonyl (C=O) groups is 2. The van der Waals surface area contributed by atoms with E-state index in [4.69, 9.17) is 9.47 Å². The van der Waals surface area contributed by atoms with Crippen LogP contribution in [0.1, 0.15) is 12.0 Å². The Hall–Kier alpha value is -2.93. The standard InChI is InChI=1S/C22H25FN2O4/c1-28-11-10-24-22(27)20-14-19(29-18-8-3-2-4-9-18)15-25(20)21(26)13-16-6-5-7-17(23)12-16/h2-9,12,19-20H,10-11,13-15H2,1H3,(H,24,27)/t19-,20-/m0/s1. The van der Waals surface area contributed by atoms with Crippen molar-refractivity contribution in [3.8, 4) is 5.75 Å². The summed E-state index contributed by atoms with van der Waals surface area (Å²) in [6.07, 6.45) is 0.118. The summed E-state index contributed by atoms with van der Waals surface area (Å²) in [7, 11) is 1.56. The summed E-state index contributed by atoms with van der Waals surface area (Å²) in [6.45, 7) is 1.05. The molecule has 1 fully saturated rings. The molecule has 1 aliphatic rings. The van der Waals surface area contributed by atoms with Gasteiger partial charge in [-0.25, -0.2) is 4.39 Å². The Balaban J connectivity index is 1.70. The fourth-order valence-electron chi connectivity index (χ4n) is 3.42. The van der Waals surface area contributed by atoms with Gasteiger partial charge in [0.15, 0.2) is 0 Å². The van der Waals surface area contributed by atoms with Crippen molar-refractivity contribution in [1.82, 2.24) is 10.2 Å². The number of amides is 2. The molecule has 1 saturated heterocycles. The summed E-state index contributed by atoms with van der Waals surface area (Å²) in [5.41, 5.74) is 0.570. The van der Waals surface area contributed by atoms with E-state index in [1.54, 1.807) is 19.2 Å². The third-order valence-corrected chi connectivity index (χ3v) is 4.78. The molecule has 0 aliphatic carbocycles. The van der Waals surface area contributed by atoms with Gasteiger partial charge in [0.2, 0.25) is 11.8 Å². The van der Waals surface area contributed by atoms with E-state index in [0.29, 0.717) is 37.4 Å². The van der Waals surface area contributed by atoms with Crippen LogP contribution < -0.4 is 10.1 Å². The van der Waals surface area contributed by atoms with Crippen LogP contribution >= 0.6 is 0 Å². The van der Waals surface area contributed by atoms with Crippen LogP contribution in [0, 0.1) is 5.82 Å². The molecule has 1 heterocycles. The highest BCUT2D eigenvalue weighted by atomic mass is 19.1. The summed E-state index contributed by atoms with van der Waals surface area (Å²) in [6, 6.07) is 14.6. The Kier molecular flexibility index (Phi) is 7.19. The Morgan fingerprint density at radius 2 is 1.97 bits per heavy atom. The lowest BCUT2D eigenvalue weighted by molar-refractivity contribution is -0.138. The minimum Gasteiger partial charge on any atom is -0.488 e. The Labute approximate surface area is 169 Å². The molecule has 2 atom stereocenters. The molecule has 0 saturated carbocycles. The second kappa shape index (κ2) is 10.0. The average Bonchev–Trinajstić information content (AvgIpc) is 3.13.